The molecule has 2 saturated heterocycles. The van der Waals surface area contributed by atoms with E-state index < -0.39 is 5.60 Å². The van der Waals surface area contributed by atoms with Gasteiger partial charge in [-0.05, 0) is 88.1 Å². The lowest BCUT2D eigenvalue weighted by Gasteiger charge is -2.30. The van der Waals surface area contributed by atoms with Gasteiger partial charge in [-0.25, -0.2) is 9.37 Å². The number of anilines is 3. The van der Waals surface area contributed by atoms with Crippen molar-refractivity contribution in [2.75, 3.05) is 56.1 Å². The number of benzene rings is 4. The molecule has 8 rings (SSSR count). The summed E-state index contributed by atoms with van der Waals surface area (Å²) in [7, 11) is 2.15. The number of hydrogen-bond donors (Lipinski definition) is 0. The van der Waals surface area contributed by atoms with Crippen molar-refractivity contribution in [3.8, 4) is 22.5 Å². The van der Waals surface area contributed by atoms with Crippen molar-refractivity contribution in [2.45, 2.75) is 55.4 Å². The van der Waals surface area contributed by atoms with Crippen LogP contribution in [0.4, 0.5) is 21.9 Å². The third-order valence-corrected chi connectivity index (χ3v) is 10.9. The second-order valence-corrected chi connectivity index (χ2v) is 15.2. The molecule has 8 heteroatoms. The molecule has 7 nitrogen and oxygen atoms in total. The maximum atomic E-state index is 12.7. The Morgan fingerprint density at radius 1 is 0.833 bits per heavy atom. The summed E-state index contributed by atoms with van der Waals surface area (Å²) in [4.78, 5) is 21.8. The highest BCUT2D eigenvalue weighted by molar-refractivity contribution is 7.99. The van der Waals surface area contributed by atoms with Gasteiger partial charge in [0.25, 0.3) is 0 Å². The summed E-state index contributed by atoms with van der Waals surface area (Å²) < 4.78 is 14.8. The summed E-state index contributed by atoms with van der Waals surface area (Å²) in [5.41, 5.74) is 7.56. The van der Waals surface area contributed by atoms with Gasteiger partial charge in [-0.1, -0.05) is 30.0 Å². The number of piperazine rings is 1. The maximum Gasteiger partial charge on any atom is 0.410 e. The predicted molar refractivity (Wildman–Crippen MR) is 196 cm³/mol. The van der Waals surface area contributed by atoms with Crippen molar-refractivity contribution >= 4 is 45.9 Å². The number of hydrogen-bond acceptors (Lipinski definition) is 6. The molecule has 4 heterocycles. The number of ether oxygens (including phenoxy) is 1. The Kier molecular flexibility index (Phi) is 7.86. The zero-order chi connectivity index (χ0) is 33.0. The van der Waals surface area contributed by atoms with E-state index in [0.717, 1.165) is 53.8 Å². The Morgan fingerprint density at radius 3 is 2.40 bits per heavy atom. The van der Waals surface area contributed by atoms with Crippen LogP contribution in [-0.4, -0.2) is 62.9 Å². The van der Waals surface area contributed by atoms with Gasteiger partial charge < -0.3 is 19.0 Å². The minimum Gasteiger partial charge on any atom is -0.456 e. The standard InChI is InChI=1S/C40H43N4O3S/c1-40(2,3)47-39(45)44-22-20-43(21-23-44)29-14-16-31-35(26-29)46-34-25-28(42-18-8-5-9-19-42)13-15-30(34)38(31)27-12-17-33-37(24-27)48-36-11-7-6-10-32(36)41(33)4/h6-7,10-17,24-26H,5,8-9,18-23H2,1-4H3/q+1. The van der Waals surface area contributed by atoms with Crippen molar-refractivity contribution in [2.24, 2.45) is 0 Å². The molecule has 2 fully saturated rings. The number of carbonyl (C=O) groups excluding carboxylic acids is 1. The maximum absolute atomic E-state index is 12.7. The summed E-state index contributed by atoms with van der Waals surface area (Å²) in [5, 5.41) is 2.23. The highest BCUT2D eigenvalue weighted by Crippen LogP contribution is 2.50. The van der Waals surface area contributed by atoms with E-state index in [-0.39, 0.29) is 6.09 Å². The Labute approximate surface area is 286 Å². The first kappa shape index (κ1) is 30.9. The van der Waals surface area contributed by atoms with Crippen LogP contribution in [0.15, 0.2) is 93.1 Å². The molecular formula is C40H43N4O3S+. The number of amides is 1. The van der Waals surface area contributed by atoms with Crippen LogP contribution in [-0.2, 0) is 4.74 Å². The topological polar surface area (TPSA) is 52.2 Å². The molecule has 1 aliphatic carbocycles. The van der Waals surface area contributed by atoms with E-state index in [9.17, 15) is 4.79 Å². The van der Waals surface area contributed by atoms with Crippen molar-refractivity contribution < 1.29 is 13.9 Å². The minimum atomic E-state index is -0.500. The first-order chi connectivity index (χ1) is 23.2. The molecule has 0 atom stereocenters. The highest BCUT2D eigenvalue weighted by Gasteiger charge is 2.29. The van der Waals surface area contributed by atoms with Gasteiger partial charge in [0.1, 0.15) is 16.9 Å². The lowest BCUT2D eigenvalue weighted by molar-refractivity contribution is 0.0218. The quantitative estimate of drug-likeness (QED) is 0.140. The molecule has 0 unspecified atom stereocenters. The lowest BCUT2D eigenvalue weighted by atomic mass is 9.93. The number of carbonyl (C=O) groups is 1. The normalized spacial score (nSPS) is 16.7. The first-order valence-corrected chi connectivity index (χ1v) is 18.0. The molecule has 5 aliphatic rings. The molecule has 0 aromatic heterocycles. The summed E-state index contributed by atoms with van der Waals surface area (Å²) in [6, 6.07) is 28.9. The lowest BCUT2D eigenvalue weighted by Crippen LogP contribution is -2.51. The van der Waals surface area contributed by atoms with Gasteiger partial charge in [0.05, 0.1) is 30.5 Å². The number of nitrogens with zero attached hydrogens (tertiary/aromatic N) is 4. The molecule has 0 saturated carbocycles. The van der Waals surface area contributed by atoms with Gasteiger partial charge in [0.15, 0.2) is 13.1 Å². The van der Waals surface area contributed by atoms with Gasteiger partial charge >= 0.3 is 6.09 Å². The van der Waals surface area contributed by atoms with Crippen LogP contribution in [0, 0.1) is 0 Å². The minimum absolute atomic E-state index is 0.242. The van der Waals surface area contributed by atoms with Crippen LogP contribution in [0.25, 0.3) is 33.4 Å². The van der Waals surface area contributed by atoms with E-state index in [1.165, 1.54) is 57.2 Å². The van der Waals surface area contributed by atoms with Gasteiger partial charge in [0.2, 0.25) is 5.36 Å². The summed E-state index contributed by atoms with van der Waals surface area (Å²) >= 11 is 1.84. The van der Waals surface area contributed by atoms with Crippen LogP contribution in [0.3, 0.4) is 0 Å². The second kappa shape index (κ2) is 12.2. The SMILES string of the molecule is CN1c2ccccc2Sc2cc(-c3c4ccc(=[N+]5CCN(C(=O)OC(C)(C)C)CC5)cc-4oc4cc(N5CCCCC5)ccc34)ccc21. The van der Waals surface area contributed by atoms with E-state index in [1.807, 2.05) is 37.4 Å². The first-order valence-electron chi connectivity index (χ1n) is 17.2. The van der Waals surface area contributed by atoms with Gasteiger partial charge in [-0.2, -0.15) is 0 Å². The monoisotopic (exact) mass is 659 g/mol. The molecule has 3 aromatic carbocycles. The molecule has 0 N–H and O–H groups in total. The average molecular weight is 660 g/mol. The van der Waals surface area contributed by atoms with Crippen LogP contribution >= 0.6 is 11.8 Å². The average Bonchev–Trinajstić information content (AvgIpc) is 3.10. The van der Waals surface area contributed by atoms with Gasteiger partial charge in [-0.15, -0.1) is 0 Å². The van der Waals surface area contributed by atoms with Crippen molar-refractivity contribution in [1.82, 2.24) is 9.48 Å². The van der Waals surface area contributed by atoms with E-state index in [2.05, 4.69) is 100 Å². The Bertz CT molecular complexity index is 2060. The van der Waals surface area contributed by atoms with E-state index in [4.69, 9.17) is 9.15 Å². The van der Waals surface area contributed by atoms with Gasteiger partial charge in [0, 0.05) is 64.3 Å². The highest BCUT2D eigenvalue weighted by atomic mass is 32.2. The molecule has 0 spiro atoms. The van der Waals surface area contributed by atoms with E-state index in [0.29, 0.717) is 13.1 Å². The largest absolute Gasteiger partial charge is 0.456 e. The zero-order valence-corrected chi connectivity index (χ0v) is 29.1. The third-order valence-electron chi connectivity index (χ3n) is 9.76. The zero-order valence-electron chi connectivity index (χ0n) is 28.3. The van der Waals surface area contributed by atoms with Crippen LogP contribution in [0.2, 0.25) is 0 Å². The Morgan fingerprint density at radius 2 is 1.60 bits per heavy atom. The fourth-order valence-electron chi connectivity index (χ4n) is 7.30. The molecule has 246 valence electrons. The van der Waals surface area contributed by atoms with Gasteiger partial charge in [-0.3, -0.25) is 4.90 Å². The Balaban J connectivity index is 1.22. The predicted octanol–water partition coefficient (Wildman–Crippen LogP) is 8.45. The van der Waals surface area contributed by atoms with Crippen LogP contribution in [0.5, 0.6) is 0 Å². The number of piperidine rings is 1. The van der Waals surface area contributed by atoms with Crippen molar-refractivity contribution in [3.63, 3.8) is 0 Å². The molecule has 0 radical (unpaired) electrons. The number of para-hydroxylation sites is 1. The smallest absolute Gasteiger partial charge is 0.410 e. The van der Waals surface area contributed by atoms with Crippen LogP contribution < -0.4 is 19.7 Å². The van der Waals surface area contributed by atoms with E-state index in [1.54, 1.807) is 0 Å². The Hall–Kier alpha value is -4.43. The molecular weight excluding hydrogens is 617 g/mol. The summed E-state index contributed by atoms with van der Waals surface area (Å²) in [5.74, 6) is 0.869. The fourth-order valence-corrected chi connectivity index (χ4v) is 8.48. The second-order valence-electron chi connectivity index (χ2n) is 14.2. The van der Waals surface area contributed by atoms with Crippen LogP contribution in [0.1, 0.15) is 40.0 Å². The third kappa shape index (κ3) is 5.80. The number of rotatable bonds is 2. The molecule has 3 aromatic rings. The van der Waals surface area contributed by atoms with E-state index >= 15 is 0 Å². The fraction of sp³-hybridized carbons (Fsp3) is 0.350. The summed E-state index contributed by atoms with van der Waals surface area (Å²) in [6.07, 6.45) is 3.52. The molecule has 1 amide bonds. The molecule has 48 heavy (non-hydrogen) atoms. The summed E-state index contributed by atoms with van der Waals surface area (Å²) in [6.45, 7) is 10.6. The molecule has 0 bridgehead atoms. The van der Waals surface area contributed by atoms with Crippen molar-refractivity contribution in [1.29, 1.82) is 0 Å². The molecule has 4 aliphatic heterocycles. The number of fused-ring (bicyclic) bond motifs is 4. The van der Waals surface area contributed by atoms with Crippen molar-refractivity contribution in [3.05, 3.63) is 84.2 Å².